The van der Waals surface area contributed by atoms with E-state index in [0.717, 1.165) is 42.7 Å². The lowest BCUT2D eigenvalue weighted by Gasteiger charge is -2.39. The van der Waals surface area contributed by atoms with Crippen LogP contribution in [0.5, 0.6) is 0 Å². The number of urea groups is 1. The maximum absolute atomic E-state index is 12.4. The second kappa shape index (κ2) is 14.9. The van der Waals surface area contributed by atoms with E-state index in [1.807, 2.05) is 42.5 Å². The second-order valence-corrected chi connectivity index (χ2v) is 11.4. The van der Waals surface area contributed by atoms with Crippen LogP contribution >= 0.6 is 0 Å². The highest BCUT2D eigenvalue weighted by molar-refractivity contribution is 5.91. The van der Waals surface area contributed by atoms with Crippen molar-refractivity contribution in [3.63, 3.8) is 0 Å². The Balaban J connectivity index is 1.28. The molecule has 0 radical (unpaired) electrons. The van der Waals surface area contributed by atoms with Crippen LogP contribution in [0.15, 0.2) is 48.5 Å². The second-order valence-electron chi connectivity index (χ2n) is 11.4. The minimum absolute atomic E-state index is 0.000684. The lowest BCUT2D eigenvalue weighted by atomic mass is 9.99. The van der Waals surface area contributed by atoms with Gasteiger partial charge >= 0.3 is 12.0 Å². The summed E-state index contributed by atoms with van der Waals surface area (Å²) in [6.07, 6.45) is 4.95. The summed E-state index contributed by atoms with van der Waals surface area (Å²) >= 11 is 0. The Morgan fingerprint density at radius 1 is 1.00 bits per heavy atom. The van der Waals surface area contributed by atoms with Crippen molar-refractivity contribution < 1.29 is 28.9 Å². The van der Waals surface area contributed by atoms with Crippen LogP contribution in [0.3, 0.4) is 0 Å². The highest BCUT2D eigenvalue weighted by Crippen LogP contribution is 2.39. The monoisotopic (exact) mass is 580 g/mol. The molecule has 0 aliphatic carbocycles. The molecule has 0 spiro atoms. The van der Waals surface area contributed by atoms with Gasteiger partial charge < -0.3 is 34.9 Å². The summed E-state index contributed by atoms with van der Waals surface area (Å²) in [4.78, 5) is 29.2. The normalized spacial score (nSPS) is 24.9. The number of carbonyl (C=O) groups is 2. The van der Waals surface area contributed by atoms with Gasteiger partial charge in [-0.2, -0.15) is 0 Å². The Labute approximate surface area is 248 Å². The van der Waals surface area contributed by atoms with E-state index < -0.39 is 18.3 Å². The summed E-state index contributed by atoms with van der Waals surface area (Å²) < 4.78 is 18.0. The maximum Gasteiger partial charge on any atom is 0.325 e. The number of hydrogen-bond acceptors (Lipinski definition) is 8. The molecule has 3 fully saturated rings. The molecule has 5 rings (SSSR count). The number of benzene rings is 2. The summed E-state index contributed by atoms with van der Waals surface area (Å²) in [5.74, 6) is -0.491. The number of esters is 1. The molecule has 3 aliphatic heterocycles. The van der Waals surface area contributed by atoms with Crippen molar-refractivity contribution in [1.29, 1.82) is 0 Å². The number of nitrogens with zero attached hydrogens (tertiary/aromatic N) is 2. The fraction of sp³-hybridized carbons (Fsp3) is 0.562. The summed E-state index contributed by atoms with van der Waals surface area (Å²) in [6.45, 7) is 7.24. The summed E-state index contributed by atoms with van der Waals surface area (Å²) in [5.41, 5.74) is 3.28. The van der Waals surface area contributed by atoms with Crippen molar-refractivity contribution in [1.82, 2.24) is 15.1 Å². The standard InChI is InChI=1S/C32H44N4O6/c1-2-40-30(38)19-33-32(39)34-26-8-5-7-25(17-26)31-41-28(18-29(42-31)24-12-10-23(22-37)11-13-24)21-36-16-6-9-27(36)20-35-14-3-4-15-35/h5,7-8,10-13,17,27-29,31,37H,2-4,6,9,14-16,18-22H2,1H3,(H2,33,34,39)/t27-,28-,29+,31+/m0/s1. The van der Waals surface area contributed by atoms with Crippen LogP contribution in [-0.4, -0.2) is 84.9 Å². The molecule has 0 aromatic heterocycles. The van der Waals surface area contributed by atoms with Crippen LogP contribution in [0.2, 0.25) is 0 Å². The van der Waals surface area contributed by atoms with Gasteiger partial charge in [-0.1, -0.05) is 36.4 Å². The Kier molecular flexibility index (Phi) is 10.8. The smallest absolute Gasteiger partial charge is 0.325 e. The molecule has 2 amide bonds. The number of aliphatic hydroxyl groups excluding tert-OH is 1. The van der Waals surface area contributed by atoms with Crippen molar-refractivity contribution in [3.8, 4) is 0 Å². The summed E-state index contributed by atoms with van der Waals surface area (Å²) in [6, 6.07) is 15.4. The highest BCUT2D eigenvalue weighted by atomic mass is 16.7. The zero-order chi connectivity index (χ0) is 29.3. The molecular weight excluding hydrogens is 536 g/mol. The first-order valence-corrected chi connectivity index (χ1v) is 15.3. The molecule has 10 heteroatoms. The Hall–Kier alpha value is -3.02. The predicted octanol–water partition coefficient (Wildman–Crippen LogP) is 3.97. The minimum Gasteiger partial charge on any atom is -0.465 e. The first-order valence-electron chi connectivity index (χ1n) is 15.3. The van der Waals surface area contributed by atoms with Gasteiger partial charge in [0.25, 0.3) is 0 Å². The van der Waals surface area contributed by atoms with Crippen LogP contribution in [0.25, 0.3) is 0 Å². The van der Waals surface area contributed by atoms with Crippen molar-refractivity contribution >= 4 is 17.7 Å². The lowest BCUT2D eigenvalue weighted by Crippen LogP contribution is -2.45. The molecule has 4 atom stereocenters. The number of carbonyl (C=O) groups excluding carboxylic acids is 2. The van der Waals surface area contributed by atoms with Crippen LogP contribution in [0.1, 0.15) is 68.1 Å². The summed E-state index contributed by atoms with van der Waals surface area (Å²) in [5, 5.41) is 14.8. The van der Waals surface area contributed by atoms with Gasteiger partial charge in [-0.25, -0.2) is 4.79 Å². The third-order valence-corrected chi connectivity index (χ3v) is 8.34. The number of hydrogen-bond donors (Lipinski definition) is 3. The van der Waals surface area contributed by atoms with Crippen molar-refractivity contribution in [2.45, 2.75) is 70.2 Å². The van der Waals surface area contributed by atoms with E-state index in [1.165, 1.54) is 38.8 Å². The van der Waals surface area contributed by atoms with Gasteiger partial charge in [0.2, 0.25) is 0 Å². The zero-order valence-corrected chi connectivity index (χ0v) is 24.5. The van der Waals surface area contributed by atoms with Gasteiger partial charge in [-0.3, -0.25) is 9.69 Å². The SMILES string of the molecule is CCOC(=O)CNC(=O)Nc1cccc([C@@H]2O[C@H](CN3CCC[C@H]3CN3CCCC3)C[C@H](c3ccc(CO)cc3)O2)c1. The van der Waals surface area contributed by atoms with Gasteiger partial charge in [-0.15, -0.1) is 0 Å². The van der Waals surface area contributed by atoms with Gasteiger partial charge in [0.05, 0.1) is 25.4 Å². The fourth-order valence-corrected chi connectivity index (χ4v) is 6.20. The number of aliphatic hydroxyl groups is 1. The van der Waals surface area contributed by atoms with E-state index in [4.69, 9.17) is 14.2 Å². The van der Waals surface area contributed by atoms with Gasteiger partial charge in [0.15, 0.2) is 6.29 Å². The fourth-order valence-electron chi connectivity index (χ4n) is 6.20. The molecule has 0 bridgehead atoms. The van der Waals surface area contributed by atoms with E-state index in [0.29, 0.717) is 11.7 Å². The topological polar surface area (TPSA) is 113 Å². The third kappa shape index (κ3) is 8.29. The molecule has 10 nitrogen and oxygen atoms in total. The summed E-state index contributed by atoms with van der Waals surface area (Å²) in [7, 11) is 0. The molecule has 228 valence electrons. The number of rotatable bonds is 11. The number of anilines is 1. The zero-order valence-electron chi connectivity index (χ0n) is 24.5. The number of amides is 2. The van der Waals surface area contributed by atoms with Crippen molar-refractivity contribution in [2.24, 2.45) is 0 Å². The molecular formula is C32H44N4O6. The Bertz CT molecular complexity index is 1170. The first kappa shape index (κ1) is 30.4. The Morgan fingerprint density at radius 3 is 2.57 bits per heavy atom. The molecule has 3 saturated heterocycles. The molecule has 3 N–H and O–H groups in total. The van der Waals surface area contributed by atoms with Crippen molar-refractivity contribution in [3.05, 3.63) is 65.2 Å². The average Bonchev–Trinajstić information content (AvgIpc) is 3.69. The quantitative estimate of drug-likeness (QED) is 0.343. The number of likely N-dealkylation sites (tertiary alicyclic amines) is 2. The number of nitrogens with one attached hydrogen (secondary N) is 2. The van der Waals surface area contributed by atoms with E-state index in [9.17, 15) is 14.7 Å². The van der Waals surface area contributed by atoms with Crippen LogP contribution in [0, 0.1) is 0 Å². The lowest BCUT2D eigenvalue weighted by molar-refractivity contribution is -0.253. The molecule has 42 heavy (non-hydrogen) atoms. The van der Waals surface area contributed by atoms with E-state index in [2.05, 4.69) is 20.4 Å². The molecule has 2 aromatic carbocycles. The molecule has 3 heterocycles. The van der Waals surface area contributed by atoms with E-state index >= 15 is 0 Å². The van der Waals surface area contributed by atoms with Gasteiger partial charge in [0, 0.05) is 36.8 Å². The molecule has 0 saturated carbocycles. The van der Waals surface area contributed by atoms with Crippen LogP contribution < -0.4 is 10.6 Å². The average molecular weight is 581 g/mol. The van der Waals surface area contributed by atoms with Gasteiger partial charge in [-0.05, 0) is 75.5 Å². The highest BCUT2D eigenvalue weighted by Gasteiger charge is 2.36. The first-order chi connectivity index (χ1) is 20.5. The van der Waals surface area contributed by atoms with Gasteiger partial charge in [0.1, 0.15) is 6.54 Å². The van der Waals surface area contributed by atoms with E-state index in [-0.39, 0.29) is 32.0 Å². The van der Waals surface area contributed by atoms with E-state index in [1.54, 1.807) is 13.0 Å². The predicted molar refractivity (Wildman–Crippen MR) is 159 cm³/mol. The molecule has 3 aliphatic rings. The van der Waals surface area contributed by atoms with Crippen molar-refractivity contribution in [2.75, 3.05) is 51.2 Å². The third-order valence-electron chi connectivity index (χ3n) is 8.34. The van der Waals surface area contributed by atoms with Crippen LogP contribution in [0.4, 0.5) is 10.5 Å². The number of ether oxygens (including phenoxy) is 3. The molecule has 2 aromatic rings. The van der Waals surface area contributed by atoms with Crippen LogP contribution in [-0.2, 0) is 25.6 Å². The maximum atomic E-state index is 12.4. The minimum atomic E-state index is -0.616. The largest absolute Gasteiger partial charge is 0.465 e. The Morgan fingerprint density at radius 2 is 1.81 bits per heavy atom. The molecule has 0 unspecified atom stereocenters.